The number of nitrogens with one attached hydrogen (secondary N) is 1. The number of nitrogens with zero attached hydrogens (tertiary/aromatic N) is 1. The smallest absolute Gasteiger partial charge is 0.336 e. The molecule has 0 radical (unpaired) electrons. The van der Waals surface area contributed by atoms with Crippen molar-refractivity contribution in [1.82, 2.24) is 10.3 Å². The number of ether oxygens (including phenoxy) is 1. The monoisotopic (exact) mass is 260 g/mol. The summed E-state index contributed by atoms with van der Waals surface area (Å²) in [5.41, 5.74) is 1.59. The van der Waals surface area contributed by atoms with Crippen LogP contribution < -0.4 is 10.1 Å². The molecule has 1 aromatic heterocycles. The topological polar surface area (TPSA) is 71.5 Å². The molecular formula is C14H16N2O3. The lowest BCUT2D eigenvalue weighted by Crippen LogP contribution is -2.12. The van der Waals surface area contributed by atoms with Crippen LogP contribution >= 0.6 is 0 Å². The van der Waals surface area contributed by atoms with Gasteiger partial charge in [-0.2, -0.15) is 0 Å². The van der Waals surface area contributed by atoms with E-state index in [1.165, 1.54) is 0 Å². The van der Waals surface area contributed by atoms with Crippen molar-refractivity contribution in [2.45, 2.75) is 6.42 Å². The highest BCUT2D eigenvalue weighted by Gasteiger charge is 2.14. The van der Waals surface area contributed by atoms with Gasteiger partial charge in [0.05, 0.1) is 12.7 Å². The van der Waals surface area contributed by atoms with Gasteiger partial charge in [-0.3, -0.25) is 0 Å². The maximum Gasteiger partial charge on any atom is 0.336 e. The Kier molecular flexibility index (Phi) is 3.97. The highest BCUT2D eigenvalue weighted by atomic mass is 16.5. The van der Waals surface area contributed by atoms with Crippen LogP contribution in [0.2, 0.25) is 0 Å². The molecule has 1 heterocycles. The van der Waals surface area contributed by atoms with Crippen molar-refractivity contribution in [2.75, 3.05) is 20.7 Å². The van der Waals surface area contributed by atoms with E-state index in [-0.39, 0.29) is 5.56 Å². The fourth-order valence-corrected chi connectivity index (χ4v) is 2.00. The van der Waals surface area contributed by atoms with Crippen LogP contribution in [-0.2, 0) is 6.42 Å². The van der Waals surface area contributed by atoms with Crippen LogP contribution in [0, 0.1) is 0 Å². The molecule has 5 heteroatoms. The van der Waals surface area contributed by atoms with E-state index < -0.39 is 5.97 Å². The van der Waals surface area contributed by atoms with Crippen molar-refractivity contribution in [3.05, 3.63) is 35.5 Å². The van der Waals surface area contributed by atoms with Gasteiger partial charge in [0.1, 0.15) is 11.3 Å². The van der Waals surface area contributed by atoms with E-state index in [0.29, 0.717) is 23.1 Å². The lowest BCUT2D eigenvalue weighted by Gasteiger charge is -2.09. The minimum absolute atomic E-state index is 0.259. The molecule has 0 amide bonds. The lowest BCUT2D eigenvalue weighted by atomic mass is 10.1. The molecule has 2 rings (SSSR count). The number of likely N-dealkylation sites (N-methyl/N-ethyl adjacent to an activating group) is 1. The fourth-order valence-electron chi connectivity index (χ4n) is 2.00. The molecule has 5 nitrogen and oxygen atoms in total. The SMILES string of the molecule is CNCCc1cc(C(=O)O)c2cccc(OC)c2n1. The number of fused-ring (bicyclic) bond motifs is 1. The van der Waals surface area contributed by atoms with E-state index in [2.05, 4.69) is 10.3 Å². The summed E-state index contributed by atoms with van der Waals surface area (Å²) < 4.78 is 5.25. The number of aromatic carboxylic acids is 1. The second-order valence-corrected chi connectivity index (χ2v) is 4.18. The van der Waals surface area contributed by atoms with Crippen LogP contribution in [0.25, 0.3) is 10.9 Å². The molecule has 0 atom stereocenters. The Morgan fingerprint density at radius 2 is 2.26 bits per heavy atom. The molecule has 0 aliphatic heterocycles. The lowest BCUT2D eigenvalue weighted by molar-refractivity contribution is 0.0699. The molecule has 0 aliphatic rings. The number of methoxy groups -OCH3 is 1. The summed E-state index contributed by atoms with van der Waals surface area (Å²) >= 11 is 0. The molecule has 0 spiro atoms. The molecule has 0 bridgehead atoms. The molecule has 1 aromatic carbocycles. The molecule has 2 aromatic rings. The van der Waals surface area contributed by atoms with Crippen LogP contribution in [0.3, 0.4) is 0 Å². The maximum absolute atomic E-state index is 11.4. The van der Waals surface area contributed by atoms with Gasteiger partial charge in [-0.1, -0.05) is 12.1 Å². The average molecular weight is 260 g/mol. The van der Waals surface area contributed by atoms with E-state index in [9.17, 15) is 9.90 Å². The summed E-state index contributed by atoms with van der Waals surface area (Å²) in [6.07, 6.45) is 0.671. The van der Waals surface area contributed by atoms with Crippen molar-refractivity contribution in [2.24, 2.45) is 0 Å². The van der Waals surface area contributed by atoms with E-state index in [1.807, 2.05) is 7.05 Å². The van der Waals surface area contributed by atoms with Crippen molar-refractivity contribution < 1.29 is 14.6 Å². The molecular weight excluding hydrogens is 244 g/mol. The number of hydrogen-bond acceptors (Lipinski definition) is 4. The second-order valence-electron chi connectivity index (χ2n) is 4.18. The standard InChI is InChI=1S/C14H16N2O3/c1-15-7-6-9-8-11(14(17)18)10-4-3-5-12(19-2)13(10)16-9/h3-5,8,15H,6-7H2,1-2H3,(H,17,18). The van der Waals surface area contributed by atoms with Crippen molar-refractivity contribution in [1.29, 1.82) is 0 Å². The summed E-state index contributed by atoms with van der Waals surface area (Å²) in [5, 5.41) is 12.9. The third-order valence-corrected chi connectivity index (χ3v) is 2.94. The maximum atomic E-state index is 11.4. The first-order chi connectivity index (χ1) is 9.17. The third-order valence-electron chi connectivity index (χ3n) is 2.94. The molecule has 0 fully saturated rings. The number of rotatable bonds is 5. The Bertz CT molecular complexity index is 611. The largest absolute Gasteiger partial charge is 0.494 e. The summed E-state index contributed by atoms with van der Waals surface area (Å²) in [6, 6.07) is 6.92. The summed E-state index contributed by atoms with van der Waals surface area (Å²) in [6.45, 7) is 0.743. The highest BCUT2D eigenvalue weighted by molar-refractivity contribution is 6.04. The van der Waals surface area contributed by atoms with Gasteiger partial charge in [-0.05, 0) is 19.2 Å². The number of pyridine rings is 1. The third kappa shape index (κ3) is 2.66. The van der Waals surface area contributed by atoms with Gasteiger partial charge in [0.2, 0.25) is 0 Å². The normalized spacial score (nSPS) is 10.6. The molecule has 19 heavy (non-hydrogen) atoms. The predicted octanol–water partition coefficient (Wildman–Crippen LogP) is 1.70. The minimum Gasteiger partial charge on any atom is -0.494 e. The number of benzene rings is 1. The Morgan fingerprint density at radius 3 is 2.89 bits per heavy atom. The van der Waals surface area contributed by atoms with Crippen LogP contribution in [0.1, 0.15) is 16.1 Å². The minimum atomic E-state index is -0.952. The number of hydrogen-bond donors (Lipinski definition) is 2. The number of carbonyl (C=O) groups is 1. The van der Waals surface area contributed by atoms with E-state index in [1.54, 1.807) is 31.4 Å². The van der Waals surface area contributed by atoms with Gasteiger partial charge < -0.3 is 15.2 Å². The predicted molar refractivity (Wildman–Crippen MR) is 72.9 cm³/mol. The van der Waals surface area contributed by atoms with E-state index in [0.717, 1.165) is 12.2 Å². The number of aromatic nitrogens is 1. The summed E-state index contributed by atoms with van der Waals surface area (Å²) in [7, 11) is 3.40. The molecule has 0 unspecified atom stereocenters. The quantitative estimate of drug-likeness (QED) is 0.856. The van der Waals surface area contributed by atoms with E-state index in [4.69, 9.17) is 4.74 Å². The van der Waals surface area contributed by atoms with Gasteiger partial charge in [0.25, 0.3) is 0 Å². The van der Waals surface area contributed by atoms with Crippen molar-refractivity contribution >= 4 is 16.9 Å². The van der Waals surface area contributed by atoms with Crippen molar-refractivity contribution in [3.63, 3.8) is 0 Å². The zero-order valence-corrected chi connectivity index (χ0v) is 10.9. The van der Waals surface area contributed by atoms with Gasteiger partial charge in [0, 0.05) is 24.0 Å². The Hall–Kier alpha value is -2.14. The van der Waals surface area contributed by atoms with Crippen molar-refractivity contribution in [3.8, 4) is 5.75 Å². The first-order valence-corrected chi connectivity index (χ1v) is 6.02. The fraction of sp³-hybridized carbons (Fsp3) is 0.286. The number of para-hydroxylation sites is 1. The molecule has 0 saturated carbocycles. The van der Waals surface area contributed by atoms with Gasteiger partial charge in [-0.25, -0.2) is 9.78 Å². The first kappa shape index (κ1) is 13.3. The second kappa shape index (κ2) is 5.67. The van der Waals surface area contributed by atoms with E-state index >= 15 is 0 Å². The van der Waals surface area contributed by atoms with Crippen LogP contribution in [0.4, 0.5) is 0 Å². The summed E-state index contributed by atoms with van der Waals surface area (Å²) in [5.74, 6) is -0.363. The summed E-state index contributed by atoms with van der Waals surface area (Å²) in [4.78, 5) is 15.9. The van der Waals surface area contributed by atoms with Crippen LogP contribution in [-0.4, -0.2) is 36.8 Å². The van der Waals surface area contributed by atoms with Gasteiger partial charge in [0.15, 0.2) is 0 Å². The van der Waals surface area contributed by atoms with Crippen LogP contribution in [0.15, 0.2) is 24.3 Å². The van der Waals surface area contributed by atoms with Crippen LogP contribution in [0.5, 0.6) is 5.75 Å². The highest BCUT2D eigenvalue weighted by Crippen LogP contribution is 2.27. The van der Waals surface area contributed by atoms with Gasteiger partial charge >= 0.3 is 5.97 Å². The van der Waals surface area contributed by atoms with Gasteiger partial charge in [-0.15, -0.1) is 0 Å². The Balaban J connectivity index is 2.65. The molecule has 0 aliphatic carbocycles. The molecule has 100 valence electrons. The zero-order chi connectivity index (χ0) is 13.8. The number of carboxylic acid groups (broad SMARTS) is 1. The Labute approximate surface area is 111 Å². The molecule has 0 saturated heterocycles. The Morgan fingerprint density at radius 1 is 1.47 bits per heavy atom. The first-order valence-electron chi connectivity index (χ1n) is 6.02. The molecule has 2 N–H and O–H groups in total. The zero-order valence-electron chi connectivity index (χ0n) is 10.9. The average Bonchev–Trinajstić information content (AvgIpc) is 2.43. The number of carboxylic acids is 1.